The molecule has 0 bridgehead atoms. The zero-order valence-electron chi connectivity index (χ0n) is 37.1. The largest absolute Gasteiger partial charge is 0.389 e. The minimum Gasteiger partial charge on any atom is -0.389 e. The molecule has 4 aliphatic rings. The molecular weight excluding hydrogens is 881 g/mol. The number of aryl methyl sites for hydroxylation is 1. The van der Waals surface area contributed by atoms with Gasteiger partial charge in [0.1, 0.15) is 17.7 Å². The second-order valence-corrected chi connectivity index (χ2v) is 19.1. The maximum absolute atomic E-state index is 15.9. The average Bonchev–Trinajstić information content (AvgIpc) is 4.13. The average molecular weight is 932 g/mol. The number of hydrogen-bond acceptors (Lipinski definition) is 12. The normalized spacial score (nSPS) is 22.5. The van der Waals surface area contributed by atoms with E-state index in [1.807, 2.05) is 53.6 Å². The topological polar surface area (TPSA) is 183 Å². The van der Waals surface area contributed by atoms with Crippen LogP contribution in [0.3, 0.4) is 0 Å². The molecule has 0 aliphatic carbocycles. The predicted octanol–water partition coefficient (Wildman–Crippen LogP) is 5.87. The number of carbonyl (C=O) groups is 4. The van der Waals surface area contributed by atoms with Crippen molar-refractivity contribution in [3.8, 4) is 11.1 Å². The highest BCUT2D eigenvalue weighted by molar-refractivity contribution is 7.13. The first-order valence-electron chi connectivity index (χ1n) is 22.8. The molecule has 67 heavy (non-hydrogen) atoms. The van der Waals surface area contributed by atoms with Crippen LogP contribution < -0.4 is 25.8 Å². The van der Waals surface area contributed by atoms with Crippen molar-refractivity contribution in [3.05, 3.63) is 102 Å². The highest BCUT2D eigenvalue weighted by atomic mass is 32.1. The van der Waals surface area contributed by atoms with Crippen LogP contribution in [0.4, 0.5) is 31.0 Å². The number of thiazole rings is 1. The monoisotopic (exact) mass is 931 g/mol. The van der Waals surface area contributed by atoms with E-state index in [1.54, 1.807) is 41.1 Å². The summed E-state index contributed by atoms with van der Waals surface area (Å²) in [5, 5.41) is 27.3. The number of anilines is 4. The number of imide groups is 1. The molecule has 4 aliphatic heterocycles. The lowest BCUT2D eigenvalue weighted by Gasteiger charge is -2.48. The smallest absolute Gasteiger partial charge is 0.257 e. The van der Waals surface area contributed by atoms with Crippen molar-refractivity contribution in [3.63, 3.8) is 0 Å². The van der Waals surface area contributed by atoms with Crippen molar-refractivity contribution in [2.45, 2.75) is 95.1 Å². The fourth-order valence-corrected chi connectivity index (χ4v) is 11.0. The van der Waals surface area contributed by atoms with Gasteiger partial charge in [0.05, 0.1) is 40.6 Å². The number of benzene rings is 3. The molecule has 3 fully saturated rings. The van der Waals surface area contributed by atoms with Crippen LogP contribution in [0.1, 0.15) is 69.8 Å². The molecule has 3 unspecified atom stereocenters. The summed E-state index contributed by atoms with van der Waals surface area (Å²) in [4.78, 5) is 66.0. The fourth-order valence-electron chi connectivity index (χ4n) is 10.5. The molecule has 0 spiro atoms. The molecule has 5 atom stereocenters. The van der Waals surface area contributed by atoms with Crippen LogP contribution in [-0.2, 0) is 32.1 Å². The van der Waals surface area contributed by atoms with Gasteiger partial charge >= 0.3 is 0 Å². The van der Waals surface area contributed by atoms with E-state index >= 15 is 8.78 Å². The molecule has 0 saturated carbocycles. The second kappa shape index (κ2) is 17.8. The quantitative estimate of drug-likeness (QED) is 0.114. The Bertz CT molecular complexity index is 2850. The van der Waals surface area contributed by atoms with Gasteiger partial charge in [-0.15, -0.1) is 11.3 Å². The molecule has 0 radical (unpaired) electrons. The van der Waals surface area contributed by atoms with Crippen LogP contribution in [0.15, 0.2) is 78.7 Å². The van der Waals surface area contributed by atoms with E-state index in [0.717, 1.165) is 36.3 Å². The lowest BCUT2D eigenvalue weighted by molar-refractivity contribution is -0.138. The van der Waals surface area contributed by atoms with Gasteiger partial charge in [0.2, 0.25) is 17.7 Å². The second-order valence-electron chi connectivity index (χ2n) is 18.2. The van der Waals surface area contributed by atoms with E-state index in [9.17, 15) is 24.3 Å². The Morgan fingerprint density at radius 2 is 1.72 bits per heavy atom. The van der Waals surface area contributed by atoms with E-state index < -0.39 is 35.2 Å². The zero-order valence-corrected chi connectivity index (χ0v) is 37.9. The number of piperidine rings is 2. The molecule has 3 aromatic heterocycles. The molecule has 4 N–H and O–H groups in total. The zero-order chi connectivity index (χ0) is 46.6. The molecule has 7 heterocycles. The number of imidazole rings is 1. The van der Waals surface area contributed by atoms with E-state index in [4.69, 9.17) is 5.10 Å². The number of aromatic nitrogens is 5. The number of aliphatic hydroxyl groups is 1. The van der Waals surface area contributed by atoms with Crippen LogP contribution in [0, 0.1) is 11.6 Å². The number of rotatable bonds is 11. The highest BCUT2D eigenvalue weighted by Gasteiger charge is 2.43. The van der Waals surface area contributed by atoms with Gasteiger partial charge in [-0.05, 0) is 99.5 Å². The van der Waals surface area contributed by atoms with Crippen molar-refractivity contribution in [1.82, 2.24) is 34.5 Å². The Kier molecular flexibility index (Phi) is 11.7. The number of piperazine rings is 1. The summed E-state index contributed by atoms with van der Waals surface area (Å²) in [5.74, 6) is -2.18. The molecule has 19 heteroatoms. The van der Waals surface area contributed by atoms with Gasteiger partial charge in [0.25, 0.3) is 5.91 Å². The summed E-state index contributed by atoms with van der Waals surface area (Å²) < 4.78 is 35.0. The third kappa shape index (κ3) is 8.84. The Morgan fingerprint density at radius 1 is 0.940 bits per heavy atom. The summed E-state index contributed by atoms with van der Waals surface area (Å²) >= 11 is 1.31. The van der Waals surface area contributed by atoms with Crippen LogP contribution in [-0.4, -0.2) is 108 Å². The van der Waals surface area contributed by atoms with Crippen LogP contribution >= 0.6 is 11.3 Å². The van der Waals surface area contributed by atoms with E-state index in [0.29, 0.717) is 65.9 Å². The van der Waals surface area contributed by atoms with Crippen LogP contribution in [0.2, 0.25) is 0 Å². The van der Waals surface area contributed by atoms with Crippen molar-refractivity contribution in [1.29, 1.82) is 0 Å². The third-order valence-electron chi connectivity index (χ3n) is 13.6. The standard InChI is InChI=1S/C48H51F2N11O5S/c1-28-23-48(66,24-29(2)61(28)39-11-7-32(22-36(39)50)53-37-10-12-41(62)54-45(37)64)25-42(63)58-17-15-57(16-18-58)33-8-5-30(6-9-33)31-20-35(49)34-26-60(56-38(34)21-31)44(46(65)55-47-51-13-19-67-47)43-40-4-3-14-59(40)27-52-43/h5-9,11,13,19-22,26-29,37,44,53,66H,3-4,10,12,14-18,23-25H2,1-2H3,(H,51,55,65)(H,54,62,64)/t28-,29+,37?,44?,48?. The Balaban J connectivity index is 0.758. The van der Waals surface area contributed by atoms with Crippen LogP contribution in [0.25, 0.3) is 22.0 Å². The Morgan fingerprint density at radius 3 is 2.43 bits per heavy atom. The number of amides is 4. The lowest BCUT2D eigenvalue weighted by Crippen LogP contribution is -2.56. The number of halogens is 2. The molecule has 3 aromatic carbocycles. The maximum atomic E-state index is 15.9. The van der Waals surface area contributed by atoms with E-state index in [-0.39, 0.29) is 60.9 Å². The van der Waals surface area contributed by atoms with Gasteiger partial charge in [-0.1, -0.05) is 12.1 Å². The van der Waals surface area contributed by atoms with Gasteiger partial charge in [0, 0.05) is 86.1 Å². The minimum absolute atomic E-state index is 0.0351. The number of hydrogen-bond donors (Lipinski definition) is 4. The fraction of sp³-hybridized carbons (Fsp3) is 0.396. The summed E-state index contributed by atoms with van der Waals surface area (Å²) in [6.45, 7) is 6.80. The minimum atomic E-state index is -1.26. The number of nitrogens with one attached hydrogen (secondary N) is 3. The lowest BCUT2D eigenvalue weighted by atomic mass is 9.80. The summed E-state index contributed by atoms with van der Waals surface area (Å²) in [5.41, 5.74) is 3.89. The van der Waals surface area contributed by atoms with Gasteiger partial charge in [0.15, 0.2) is 11.2 Å². The Labute approximate surface area is 389 Å². The van der Waals surface area contributed by atoms with Gasteiger partial charge < -0.3 is 29.7 Å². The SMILES string of the molecule is C[C@@H]1CC(O)(CC(=O)N2CCN(c3ccc(-c4cc(F)c5cn(C(C(=O)Nc6nccs6)c6ncn7c6CCC7)nc5c4)cc3)CC2)C[C@H](C)N1c1ccc(NC2CCC(=O)NC2=O)cc1F. The maximum Gasteiger partial charge on any atom is 0.257 e. The van der Waals surface area contributed by atoms with Gasteiger partial charge in [-0.3, -0.25) is 34.5 Å². The Hall–Kier alpha value is -6.73. The first kappa shape index (κ1) is 44.1. The molecule has 3 saturated heterocycles. The molecule has 16 nitrogen and oxygen atoms in total. The molecule has 348 valence electrons. The van der Waals surface area contributed by atoms with Crippen molar-refractivity contribution in [2.24, 2.45) is 0 Å². The number of carbonyl (C=O) groups excluding carboxylic acids is 4. The highest BCUT2D eigenvalue weighted by Crippen LogP contribution is 2.39. The summed E-state index contributed by atoms with van der Waals surface area (Å²) in [6.07, 6.45) is 7.72. The summed E-state index contributed by atoms with van der Waals surface area (Å²) in [6, 6.07) is 13.7. The first-order valence-corrected chi connectivity index (χ1v) is 23.6. The van der Waals surface area contributed by atoms with Gasteiger partial charge in [-0.25, -0.2) is 18.7 Å². The number of nitrogens with zero attached hydrogens (tertiary/aromatic N) is 8. The molecule has 6 aromatic rings. The number of fused-ring (bicyclic) bond motifs is 2. The van der Waals surface area contributed by atoms with Crippen LogP contribution in [0.5, 0.6) is 0 Å². The molecule has 10 rings (SSSR count). The molecule has 4 amide bonds. The summed E-state index contributed by atoms with van der Waals surface area (Å²) in [7, 11) is 0. The van der Waals surface area contributed by atoms with Gasteiger partial charge in [-0.2, -0.15) is 5.10 Å². The van der Waals surface area contributed by atoms with E-state index in [2.05, 4.69) is 30.8 Å². The van der Waals surface area contributed by atoms with Crippen molar-refractivity contribution in [2.75, 3.05) is 46.6 Å². The third-order valence-corrected chi connectivity index (χ3v) is 14.3. The first-order chi connectivity index (χ1) is 32.3. The van der Waals surface area contributed by atoms with Crippen molar-refractivity contribution >= 4 is 68.1 Å². The van der Waals surface area contributed by atoms with Crippen molar-refractivity contribution < 1.29 is 33.1 Å². The molecular formula is C48H51F2N11O5S. The van der Waals surface area contributed by atoms with E-state index in [1.165, 1.54) is 28.2 Å². The predicted molar refractivity (Wildman–Crippen MR) is 250 cm³/mol.